The summed E-state index contributed by atoms with van der Waals surface area (Å²) in [5.41, 5.74) is 2.73. The summed E-state index contributed by atoms with van der Waals surface area (Å²) < 4.78 is 0. The van der Waals surface area contributed by atoms with Gasteiger partial charge in [-0.15, -0.1) is 0 Å². The summed E-state index contributed by atoms with van der Waals surface area (Å²) in [7, 11) is 0. The van der Waals surface area contributed by atoms with Crippen molar-refractivity contribution >= 4 is 34.6 Å². The average Bonchev–Trinajstić information content (AvgIpc) is 2.85. The van der Waals surface area contributed by atoms with Crippen molar-refractivity contribution in [1.82, 2.24) is 4.90 Å². The van der Waals surface area contributed by atoms with Gasteiger partial charge in [0.1, 0.15) is 5.75 Å². The van der Waals surface area contributed by atoms with Crippen molar-refractivity contribution in [1.29, 1.82) is 0 Å². The van der Waals surface area contributed by atoms with Crippen LogP contribution in [0, 0.1) is 6.92 Å². The molecule has 1 N–H and O–H groups in total. The van der Waals surface area contributed by atoms with Crippen LogP contribution in [0.5, 0.6) is 5.75 Å². The van der Waals surface area contributed by atoms with Gasteiger partial charge in [0.25, 0.3) is 5.91 Å². The number of phenolic OH excluding ortho intramolecular Hbond substituents is 1. The molecular formula is C19H18N2O2S. The molecule has 0 radical (unpaired) electrons. The minimum atomic E-state index is -0.0572. The number of thioether (sulfide) groups is 1. The Morgan fingerprint density at radius 2 is 2.00 bits per heavy atom. The fraction of sp³-hybridized carbons (Fsp3) is 0.158. The summed E-state index contributed by atoms with van der Waals surface area (Å²) in [6, 6.07) is 14.7. The van der Waals surface area contributed by atoms with E-state index < -0.39 is 0 Å². The first kappa shape index (κ1) is 16.3. The maximum atomic E-state index is 12.6. The highest BCUT2D eigenvalue weighted by atomic mass is 32.2. The Labute approximate surface area is 145 Å². The van der Waals surface area contributed by atoms with Crippen molar-refractivity contribution in [2.75, 3.05) is 6.54 Å². The van der Waals surface area contributed by atoms with Crippen LogP contribution in [0.1, 0.15) is 18.1 Å². The number of carbonyl (C=O) groups is 1. The number of benzene rings is 2. The smallest absolute Gasteiger partial charge is 0.266 e. The minimum absolute atomic E-state index is 0.0572. The Morgan fingerprint density at radius 3 is 2.71 bits per heavy atom. The lowest BCUT2D eigenvalue weighted by molar-refractivity contribution is -0.122. The van der Waals surface area contributed by atoms with Crippen molar-refractivity contribution in [3.05, 3.63) is 64.6 Å². The molecule has 1 aliphatic rings. The molecule has 2 aromatic carbocycles. The standard InChI is InChI=1S/C19H18N2O2S/c1-3-21-18(23)17(12-14-8-6-9-15(22)11-14)24-19(21)20-16-10-5-4-7-13(16)2/h4-12,22H,3H2,1-2H3/b17-12+,20-19?. The van der Waals surface area contributed by atoms with E-state index in [1.165, 1.54) is 11.8 Å². The number of hydrogen-bond donors (Lipinski definition) is 1. The van der Waals surface area contributed by atoms with E-state index in [0.717, 1.165) is 16.8 Å². The number of aliphatic imine (C=N–C) groups is 1. The second-order valence-electron chi connectivity index (χ2n) is 5.44. The van der Waals surface area contributed by atoms with E-state index in [1.54, 1.807) is 29.2 Å². The van der Waals surface area contributed by atoms with Gasteiger partial charge in [0, 0.05) is 6.54 Å². The van der Waals surface area contributed by atoms with Crippen molar-refractivity contribution in [2.45, 2.75) is 13.8 Å². The number of amides is 1. The third kappa shape index (κ3) is 3.36. The molecule has 24 heavy (non-hydrogen) atoms. The van der Waals surface area contributed by atoms with Crippen molar-refractivity contribution in [3.8, 4) is 5.75 Å². The van der Waals surface area contributed by atoms with Crippen LogP contribution in [0.2, 0.25) is 0 Å². The second kappa shape index (κ2) is 6.93. The zero-order valence-electron chi connectivity index (χ0n) is 13.6. The number of aromatic hydroxyl groups is 1. The zero-order valence-corrected chi connectivity index (χ0v) is 14.4. The van der Waals surface area contributed by atoms with E-state index in [4.69, 9.17) is 0 Å². The van der Waals surface area contributed by atoms with Gasteiger partial charge in [0.15, 0.2) is 5.17 Å². The molecule has 2 aromatic rings. The Hall–Kier alpha value is -2.53. The fourth-order valence-electron chi connectivity index (χ4n) is 2.43. The molecule has 0 unspecified atom stereocenters. The van der Waals surface area contributed by atoms with E-state index in [9.17, 15) is 9.90 Å². The zero-order chi connectivity index (χ0) is 17.1. The van der Waals surface area contributed by atoms with Gasteiger partial charge in [0.2, 0.25) is 0 Å². The molecule has 5 heteroatoms. The molecule has 3 rings (SSSR count). The summed E-state index contributed by atoms with van der Waals surface area (Å²) in [6.07, 6.45) is 1.79. The highest BCUT2D eigenvalue weighted by molar-refractivity contribution is 8.18. The average molecular weight is 338 g/mol. The Bertz CT molecular complexity index is 843. The van der Waals surface area contributed by atoms with Crippen LogP contribution in [-0.4, -0.2) is 27.6 Å². The maximum Gasteiger partial charge on any atom is 0.266 e. The first-order chi connectivity index (χ1) is 11.6. The molecule has 0 aliphatic carbocycles. The van der Waals surface area contributed by atoms with Crippen molar-refractivity contribution < 1.29 is 9.90 Å². The molecule has 4 nitrogen and oxygen atoms in total. The number of aryl methyl sites for hydroxylation is 1. The number of nitrogens with zero attached hydrogens (tertiary/aromatic N) is 2. The largest absolute Gasteiger partial charge is 0.508 e. The highest BCUT2D eigenvalue weighted by Crippen LogP contribution is 2.34. The molecule has 1 heterocycles. The molecule has 1 amide bonds. The van der Waals surface area contributed by atoms with Gasteiger partial charge in [0.05, 0.1) is 10.6 Å². The van der Waals surface area contributed by atoms with E-state index in [0.29, 0.717) is 16.6 Å². The summed E-state index contributed by atoms with van der Waals surface area (Å²) in [4.78, 5) is 19.5. The topological polar surface area (TPSA) is 52.9 Å². The SMILES string of the molecule is CCN1C(=O)/C(=C\c2cccc(O)c2)SC1=Nc1ccccc1C. The number of likely N-dealkylation sites (N-methyl/N-ethyl adjacent to an activating group) is 1. The Kier molecular flexibility index (Phi) is 4.71. The van der Waals surface area contributed by atoms with Crippen LogP contribution < -0.4 is 0 Å². The van der Waals surface area contributed by atoms with Crippen molar-refractivity contribution in [3.63, 3.8) is 0 Å². The molecule has 1 aliphatic heterocycles. The van der Waals surface area contributed by atoms with Gasteiger partial charge < -0.3 is 5.11 Å². The summed E-state index contributed by atoms with van der Waals surface area (Å²) in [6.45, 7) is 4.50. The first-order valence-corrected chi connectivity index (χ1v) is 8.55. The van der Waals surface area contributed by atoms with Crippen LogP contribution in [-0.2, 0) is 4.79 Å². The molecule has 122 valence electrons. The summed E-state index contributed by atoms with van der Waals surface area (Å²) in [5, 5.41) is 10.3. The van der Waals surface area contributed by atoms with Gasteiger partial charge in [-0.2, -0.15) is 0 Å². The fourth-order valence-corrected chi connectivity index (χ4v) is 3.48. The number of phenols is 1. The molecular weight excluding hydrogens is 320 g/mol. The lowest BCUT2D eigenvalue weighted by atomic mass is 10.2. The van der Waals surface area contributed by atoms with E-state index in [2.05, 4.69) is 4.99 Å². The van der Waals surface area contributed by atoms with Crippen molar-refractivity contribution in [2.24, 2.45) is 4.99 Å². The molecule has 1 fully saturated rings. The highest BCUT2D eigenvalue weighted by Gasteiger charge is 2.32. The summed E-state index contributed by atoms with van der Waals surface area (Å²) >= 11 is 1.36. The van der Waals surface area contributed by atoms with Crippen LogP contribution in [0.25, 0.3) is 6.08 Å². The predicted octanol–water partition coefficient (Wildman–Crippen LogP) is 4.32. The molecule has 0 atom stereocenters. The van der Waals surface area contributed by atoms with Crippen LogP contribution in [0.3, 0.4) is 0 Å². The van der Waals surface area contributed by atoms with Gasteiger partial charge in [-0.3, -0.25) is 9.69 Å². The quantitative estimate of drug-likeness (QED) is 0.848. The van der Waals surface area contributed by atoms with Gasteiger partial charge in [-0.05, 0) is 61.0 Å². The minimum Gasteiger partial charge on any atom is -0.508 e. The Balaban J connectivity index is 1.96. The number of rotatable bonds is 3. The number of amidine groups is 1. The number of para-hydroxylation sites is 1. The number of hydrogen-bond acceptors (Lipinski definition) is 4. The number of carbonyl (C=O) groups excluding carboxylic acids is 1. The summed E-state index contributed by atoms with van der Waals surface area (Å²) in [5.74, 6) is 0.124. The van der Waals surface area contributed by atoms with E-state index in [1.807, 2.05) is 44.2 Å². The first-order valence-electron chi connectivity index (χ1n) is 7.73. The molecule has 0 saturated carbocycles. The van der Waals surface area contributed by atoms with Crippen LogP contribution in [0.15, 0.2) is 58.4 Å². The van der Waals surface area contributed by atoms with Gasteiger partial charge in [-0.1, -0.05) is 30.3 Å². The van der Waals surface area contributed by atoms with Crippen LogP contribution >= 0.6 is 11.8 Å². The second-order valence-corrected chi connectivity index (χ2v) is 6.45. The lowest BCUT2D eigenvalue weighted by Gasteiger charge is -2.12. The van der Waals surface area contributed by atoms with E-state index in [-0.39, 0.29) is 11.7 Å². The molecule has 0 aromatic heterocycles. The van der Waals surface area contributed by atoms with Gasteiger partial charge in [-0.25, -0.2) is 4.99 Å². The molecule has 0 bridgehead atoms. The maximum absolute atomic E-state index is 12.6. The molecule has 0 spiro atoms. The third-order valence-corrected chi connectivity index (χ3v) is 4.71. The van der Waals surface area contributed by atoms with Gasteiger partial charge >= 0.3 is 0 Å². The third-order valence-electron chi connectivity index (χ3n) is 3.70. The van der Waals surface area contributed by atoms with E-state index >= 15 is 0 Å². The predicted molar refractivity (Wildman–Crippen MR) is 99.3 cm³/mol. The van der Waals surface area contributed by atoms with Crippen LogP contribution in [0.4, 0.5) is 5.69 Å². The molecule has 1 saturated heterocycles. The lowest BCUT2D eigenvalue weighted by Crippen LogP contribution is -2.28. The Morgan fingerprint density at radius 1 is 1.21 bits per heavy atom. The normalized spacial score (nSPS) is 17.9. The monoisotopic (exact) mass is 338 g/mol.